The number of rotatable bonds is 5. The third kappa shape index (κ3) is 3.41. The van der Waals surface area contributed by atoms with Gasteiger partial charge in [0.2, 0.25) is 5.91 Å². The number of ether oxygens (including phenoxy) is 1. The largest absolute Gasteiger partial charge is 0.464 e. The molecule has 1 unspecified atom stereocenters. The maximum absolute atomic E-state index is 11.7. The Kier molecular flexibility index (Phi) is 4.89. The molecule has 0 bridgehead atoms. The summed E-state index contributed by atoms with van der Waals surface area (Å²) in [6.45, 7) is 1.70. The van der Waals surface area contributed by atoms with Crippen molar-refractivity contribution >= 4 is 11.9 Å². The molecule has 0 aromatic rings. The Bertz CT molecular complexity index is 287. The Labute approximate surface area is 101 Å². The molecule has 1 aliphatic rings. The number of carbonyl (C=O) groups excluding carboxylic acids is 2. The summed E-state index contributed by atoms with van der Waals surface area (Å²) in [6, 6.07) is -1.32. The summed E-state index contributed by atoms with van der Waals surface area (Å²) in [5.74, 6) is -1.32. The van der Waals surface area contributed by atoms with E-state index < -0.39 is 23.5 Å². The second kappa shape index (κ2) is 5.97. The second-order valence-corrected chi connectivity index (χ2v) is 4.36. The second-order valence-electron chi connectivity index (χ2n) is 4.36. The van der Waals surface area contributed by atoms with Crippen LogP contribution < -0.4 is 11.1 Å². The van der Waals surface area contributed by atoms with Crippen molar-refractivity contribution in [3.05, 3.63) is 0 Å². The lowest BCUT2D eigenvalue weighted by atomic mass is 9.98. The highest BCUT2D eigenvalue weighted by Gasteiger charge is 2.37. The molecule has 1 atom stereocenters. The molecule has 0 aromatic carbocycles. The summed E-state index contributed by atoms with van der Waals surface area (Å²) in [7, 11) is 0. The number of hydrogen-bond acceptors (Lipinski definition) is 5. The van der Waals surface area contributed by atoms with Gasteiger partial charge < -0.3 is 20.9 Å². The Morgan fingerprint density at radius 1 is 1.47 bits per heavy atom. The Morgan fingerprint density at radius 3 is 2.53 bits per heavy atom. The van der Waals surface area contributed by atoms with Gasteiger partial charge in [-0.2, -0.15) is 0 Å². The number of nitrogens with one attached hydrogen (secondary N) is 1. The zero-order chi connectivity index (χ0) is 12.9. The first kappa shape index (κ1) is 13.9. The summed E-state index contributed by atoms with van der Waals surface area (Å²) < 4.78 is 4.67. The molecule has 6 nitrogen and oxygen atoms in total. The molecule has 1 aliphatic carbocycles. The Balaban J connectivity index is 2.55. The topological polar surface area (TPSA) is 102 Å². The van der Waals surface area contributed by atoms with Gasteiger partial charge in [-0.05, 0) is 19.8 Å². The first-order chi connectivity index (χ1) is 8.04. The van der Waals surface area contributed by atoms with Crippen molar-refractivity contribution in [1.29, 1.82) is 0 Å². The molecule has 0 aromatic heterocycles. The van der Waals surface area contributed by atoms with E-state index in [9.17, 15) is 14.7 Å². The smallest absolute Gasteiger partial charge is 0.332 e. The minimum absolute atomic E-state index is 0.131. The molecule has 1 amide bonds. The van der Waals surface area contributed by atoms with Crippen molar-refractivity contribution in [1.82, 2.24) is 5.32 Å². The lowest BCUT2D eigenvalue weighted by molar-refractivity contribution is -0.148. The molecule has 4 N–H and O–H groups in total. The molecular formula is C11H20N2O4. The minimum atomic E-state index is -1.32. The van der Waals surface area contributed by atoms with Crippen LogP contribution in [0.25, 0.3) is 0 Å². The van der Waals surface area contributed by atoms with E-state index in [0.29, 0.717) is 12.8 Å². The van der Waals surface area contributed by atoms with Crippen LogP contribution in [-0.4, -0.2) is 41.8 Å². The predicted molar refractivity (Wildman–Crippen MR) is 61.0 cm³/mol. The molecule has 6 heteroatoms. The number of aliphatic hydroxyl groups excluding tert-OH is 1. The van der Waals surface area contributed by atoms with Crippen molar-refractivity contribution < 1.29 is 19.4 Å². The highest BCUT2D eigenvalue weighted by molar-refractivity contribution is 6.01. The molecule has 17 heavy (non-hydrogen) atoms. The fourth-order valence-electron chi connectivity index (χ4n) is 2.05. The first-order valence-corrected chi connectivity index (χ1v) is 5.90. The van der Waals surface area contributed by atoms with Crippen molar-refractivity contribution in [2.75, 3.05) is 13.2 Å². The van der Waals surface area contributed by atoms with Crippen LogP contribution in [-0.2, 0) is 14.3 Å². The third-order valence-electron chi connectivity index (χ3n) is 3.07. The molecule has 0 heterocycles. The minimum Gasteiger partial charge on any atom is -0.464 e. The molecule has 1 rings (SSSR count). The van der Waals surface area contributed by atoms with Gasteiger partial charge in [0.05, 0.1) is 18.8 Å². The van der Waals surface area contributed by atoms with Gasteiger partial charge in [0.25, 0.3) is 0 Å². The normalized spacial score (nSPS) is 19.7. The van der Waals surface area contributed by atoms with Gasteiger partial charge in [-0.3, -0.25) is 4.79 Å². The van der Waals surface area contributed by atoms with Crippen molar-refractivity contribution in [2.45, 2.75) is 44.2 Å². The third-order valence-corrected chi connectivity index (χ3v) is 3.07. The van der Waals surface area contributed by atoms with Gasteiger partial charge in [-0.25, -0.2) is 4.79 Å². The molecular weight excluding hydrogens is 224 g/mol. The van der Waals surface area contributed by atoms with Gasteiger partial charge in [-0.15, -0.1) is 0 Å². The molecule has 0 aliphatic heterocycles. The summed E-state index contributed by atoms with van der Waals surface area (Å²) in [4.78, 5) is 23.0. The summed E-state index contributed by atoms with van der Waals surface area (Å²) in [6.07, 6.45) is 3.33. The van der Waals surface area contributed by atoms with Gasteiger partial charge in [0.1, 0.15) is 0 Å². The van der Waals surface area contributed by atoms with E-state index in [1.165, 1.54) is 0 Å². The lowest BCUT2D eigenvalue weighted by Gasteiger charge is -2.28. The van der Waals surface area contributed by atoms with Crippen LogP contribution in [0.2, 0.25) is 0 Å². The first-order valence-electron chi connectivity index (χ1n) is 5.90. The number of nitrogens with two attached hydrogens (primary N) is 1. The number of amides is 1. The van der Waals surface area contributed by atoms with Crippen LogP contribution in [0.1, 0.15) is 32.6 Å². The van der Waals surface area contributed by atoms with E-state index in [-0.39, 0.29) is 13.2 Å². The summed E-state index contributed by atoms with van der Waals surface area (Å²) >= 11 is 0. The van der Waals surface area contributed by atoms with E-state index in [4.69, 9.17) is 5.73 Å². The fraction of sp³-hybridized carbons (Fsp3) is 0.818. The number of carbonyl (C=O) groups is 2. The van der Waals surface area contributed by atoms with E-state index in [1.54, 1.807) is 6.92 Å². The van der Waals surface area contributed by atoms with Crippen molar-refractivity contribution in [3.8, 4) is 0 Å². The van der Waals surface area contributed by atoms with Gasteiger partial charge >= 0.3 is 5.97 Å². The SMILES string of the molecule is CCOC(=O)C(N)C(=O)NC1(CO)CCCC1. The highest BCUT2D eigenvalue weighted by Crippen LogP contribution is 2.29. The van der Waals surface area contributed by atoms with Crippen LogP contribution >= 0.6 is 0 Å². The van der Waals surface area contributed by atoms with Gasteiger partial charge in [0, 0.05) is 0 Å². The van der Waals surface area contributed by atoms with Gasteiger partial charge in [0.15, 0.2) is 6.04 Å². The maximum atomic E-state index is 11.7. The lowest BCUT2D eigenvalue weighted by Crippen LogP contribution is -2.56. The van der Waals surface area contributed by atoms with E-state index in [1.807, 2.05) is 0 Å². The Morgan fingerprint density at radius 2 is 2.06 bits per heavy atom. The molecule has 1 saturated carbocycles. The number of aliphatic hydroxyl groups is 1. The van der Waals surface area contributed by atoms with Crippen LogP contribution in [0, 0.1) is 0 Å². The van der Waals surface area contributed by atoms with E-state index in [2.05, 4.69) is 10.1 Å². The van der Waals surface area contributed by atoms with Crippen LogP contribution in [0.15, 0.2) is 0 Å². The van der Waals surface area contributed by atoms with Crippen LogP contribution in [0.5, 0.6) is 0 Å². The zero-order valence-electron chi connectivity index (χ0n) is 10.1. The molecule has 98 valence electrons. The van der Waals surface area contributed by atoms with Gasteiger partial charge in [-0.1, -0.05) is 12.8 Å². The molecule has 0 spiro atoms. The molecule has 1 fully saturated rings. The molecule has 0 radical (unpaired) electrons. The fourth-order valence-corrected chi connectivity index (χ4v) is 2.05. The summed E-state index contributed by atoms with van der Waals surface area (Å²) in [5.41, 5.74) is 4.86. The molecule has 0 saturated heterocycles. The highest BCUT2D eigenvalue weighted by atomic mass is 16.5. The standard InChI is InChI=1S/C11H20N2O4/c1-2-17-10(16)8(12)9(15)13-11(7-14)5-3-4-6-11/h8,14H,2-7,12H2,1H3,(H,13,15). The summed E-state index contributed by atoms with van der Waals surface area (Å²) in [5, 5.41) is 12.0. The van der Waals surface area contributed by atoms with Crippen molar-refractivity contribution in [3.63, 3.8) is 0 Å². The zero-order valence-corrected chi connectivity index (χ0v) is 10.1. The average Bonchev–Trinajstić information content (AvgIpc) is 2.77. The number of esters is 1. The van der Waals surface area contributed by atoms with E-state index >= 15 is 0 Å². The number of hydrogen-bond donors (Lipinski definition) is 3. The van der Waals surface area contributed by atoms with Crippen LogP contribution in [0.4, 0.5) is 0 Å². The maximum Gasteiger partial charge on any atom is 0.332 e. The van der Waals surface area contributed by atoms with Crippen molar-refractivity contribution in [2.24, 2.45) is 5.73 Å². The Hall–Kier alpha value is -1.14. The van der Waals surface area contributed by atoms with Crippen LogP contribution in [0.3, 0.4) is 0 Å². The quantitative estimate of drug-likeness (QED) is 0.438. The monoisotopic (exact) mass is 244 g/mol. The predicted octanol–water partition coefficient (Wildman–Crippen LogP) is -0.702. The average molecular weight is 244 g/mol. The van der Waals surface area contributed by atoms with E-state index in [0.717, 1.165) is 12.8 Å².